The van der Waals surface area contributed by atoms with E-state index in [0.717, 1.165) is 4.68 Å². The van der Waals surface area contributed by atoms with Crippen molar-refractivity contribution >= 4 is 29.3 Å². The Morgan fingerprint density at radius 2 is 1.58 bits per heavy atom. The van der Waals surface area contributed by atoms with Crippen molar-refractivity contribution in [1.29, 1.82) is 0 Å². The van der Waals surface area contributed by atoms with Crippen LogP contribution in [0.3, 0.4) is 0 Å². The summed E-state index contributed by atoms with van der Waals surface area (Å²) in [5, 5.41) is 22.4. The first-order chi connectivity index (χ1) is 21.1. The van der Waals surface area contributed by atoms with Crippen molar-refractivity contribution in [3.63, 3.8) is 0 Å². The summed E-state index contributed by atoms with van der Waals surface area (Å²) in [7, 11) is 0. The van der Waals surface area contributed by atoms with Crippen molar-refractivity contribution in [2.45, 2.75) is 52.1 Å². The van der Waals surface area contributed by atoms with Crippen LogP contribution in [0.15, 0.2) is 78.9 Å². The normalized spacial score (nSPS) is 12.3. The Balaban J connectivity index is 1.56. The summed E-state index contributed by atoms with van der Waals surface area (Å²) in [5.41, 5.74) is 0.0238. The summed E-state index contributed by atoms with van der Waals surface area (Å²) < 4.78 is 47.1. The highest BCUT2D eigenvalue weighted by atomic mass is 19.4. The number of hydrogen-bond acceptors (Lipinski definition) is 6. The third-order valence-corrected chi connectivity index (χ3v) is 6.23. The summed E-state index contributed by atoms with van der Waals surface area (Å²) >= 11 is 0. The van der Waals surface area contributed by atoms with E-state index in [1.807, 2.05) is 0 Å². The Hall–Kier alpha value is -5.17. The molecule has 4 aromatic rings. The minimum atomic E-state index is -4.82. The van der Waals surface area contributed by atoms with Gasteiger partial charge in [-0.25, -0.2) is 9.48 Å². The van der Waals surface area contributed by atoms with Crippen molar-refractivity contribution in [1.82, 2.24) is 15.1 Å². The topological polar surface area (TPSA) is 135 Å². The molecule has 10 nitrogen and oxygen atoms in total. The lowest BCUT2D eigenvalue weighted by Crippen LogP contribution is -2.32. The highest BCUT2D eigenvalue weighted by molar-refractivity contribution is 6.03. The first-order valence-corrected chi connectivity index (χ1v) is 13.8. The van der Waals surface area contributed by atoms with E-state index < -0.39 is 35.6 Å². The standard InChI is InChI=1S/C32H32F3N5O5/c1-19(41)37-23-13-11-21(12-14-23)28(42)22-8-6-9-24(16-22)38-29(43)26-17-27(32(33,34)35)39-40(26)25-10-5-7-20(15-25)18-36-30(44)45-31(2,3)4/h5-17,28,42H,18H2,1-4H3,(H,36,44)(H,37,41)(H,38,43). The number of ether oxygens (including phenoxy) is 1. The predicted molar refractivity (Wildman–Crippen MR) is 161 cm³/mol. The van der Waals surface area contributed by atoms with Crippen molar-refractivity contribution < 1.29 is 37.4 Å². The molecule has 1 heterocycles. The molecular formula is C32H32F3N5O5. The molecule has 3 aromatic carbocycles. The first-order valence-electron chi connectivity index (χ1n) is 13.8. The number of halogens is 3. The van der Waals surface area contributed by atoms with Gasteiger partial charge in [-0.3, -0.25) is 9.59 Å². The number of carbonyl (C=O) groups is 3. The fraction of sp³-hybridized carbons (Fsp3) is 0.250. The van der Waals surface area contributed by atoms with Crippen molar-refractivity contribution in [2.75, 3.05) is 10.6 Å². The monoisotopic (exact) mass is 623 g/mol. The summed E-state index contributed by atoms with van der Waals surface area (Å²) in [4.78, 5) is 36.7. The fourth-order valence-electron chi connectivity index (χ4n) is 4.29. The number of aliphatic hydroxyl groups is 1. The van der Waals surface area contributed by atoms with E-state index in [2.05, 4.69) is 21.0 Å². The smallest absolute Gasteiger partial charge is 0.435 e. The average Bonchev–Trinajstić information content (AvgIpc) is 3.42. The summed E-state index contributed by atoms with van der Waals surface area (Å²) in [5.74, 6) is -1.11. The van der Waals surface area contributed by atoms with Gasteiger partial charge in [0.1, 0.15) is 17.4 Å². The van der Waals surface area contributed by atoms with Gasteiger partial charge in [-0.1, -0.05) is 36.4 Å². The maximum atomic E-state index is 13.7. The van der Waals surface area contributed by atoms with Gasteiger partial charge in [-0.05, 0) is 73.9 Å². The third-order valence-electron chi connectivity index (χ3n) is 6.23. The van der Waals surface area contributed by atoms with E-state index in [-0.39, 0.29) is 29.5 Å². The fourth-order valence-corrected chi connectivity index (χ4v) is 4.29. The highest BCUT2D eigenvalue weighted by Gasteiger charge is 2.36. The van der Waals surface area contributed by atoms with Crippen molar-refractivity contribution in [3.8, 4) is 5.69 Å². The maximum Gasteiger partial charge on any atom is 0.435 e. The number of aromatic nitrogens is 2. The summed E-state index contributed by atoms with van der Waals surface area (Å²) in [6, 6.07) is 19.6. The van der Waals surface area contributed by atoms with E-state index >= 15 is 0 Å². The van der Waals surface area contributed by atoms with Gasteiger partial charge in [0, 0.05) is 30.9 Å². The van der Waals surface area contributed by atoms with E-state index in [1.54, 1.807) is 69.3 Å². The van der Waals surface area contributed by atoms with Crippen LogP contribution in [-0.2, 0) is 22.3 Å². The minimum absolute atomic E-state index is 0.0166. The van der Waals surface area contributed by atoms with Gasteiger partial charge < -0.3 is 25.8 Å². The molecule has 0 bridgehead atoms. The molecule has 45 heavy (non-hydrogen) atoms. The molecule has 0 radical (unpaired) electrons. The van der Waals surface area contributed by atoms with Gasteiger partial charge in [-0.15, -0.1) is 0 Å². The number of alkyl carbamates (subject to hydrolysis) is 1. The molecular weight excluding hydrogens is 591 g/mol. The lowest BCUT2D eigenvalue weighted by molar-refractivity contribution is -0.141. The van der Waals surface area contributed by atoms with Gasteiger partial charge >= 0.3 is 12.3 Å². The minimum Gasteiger partial charge on any atom is -0.444 e. The molecule has 0 aliphatic carbocycles. The van der Waals surface area contributed by atoms with Crippen LogP contribution in [0.2, 0.25) is 0 Å². The molecule has 1 atom stereocenters. The number of nitrogens with one attached hydrogen (secondary N) is 3. The SMILES string of the molecule is CC(=O)Nc1ccc(C(O)c2cccc(NC(=O)c3cc(C(F)(F)F)nn3-c3cccc(CNC(=O)OC(C)(C)C)c3)c2)cc1. The van der Waals surface area contributed by atoms with Gasteiger partial charge in [-0.2, -0.15) is 18.3 Å². The molecule has 0 saturated carbocycles. The molecule has 0 aliphatic rings. The number of aliphatic hydroxyl groups excluding tert-OH is 1. The zero-order valence-corrected chi connectivity index (χ0v) is 24.9. The van der Waals surface area contributed by atoms with Gasteiger partial charge in [0.25, 0.3) is 5.91 Å². The van der Waals surface area contributed by atoms with E-state index in [9.17, 15) is 32.7 Å². The van der Waals surface area contributed by atoms with Crippen molar-refractivity contribution in [3.05, 3.63) is 107 Å². The number of nitrogens with zero attached hydrogens (tertiary/aromatic N) is 2. The van der Waals surface area contributed by atoms with Crippen LogP contribution < -0.4 is 16.0 Å². The molecule has 1 unspecified atom stereocenters. The van der Waals surface area contributed by atoms with E-state index in [4.69, 9.17) is 4.74 Å². The second-order valence-corrected chi connectivity index (χ2v) is 11.1. The van der Waals surface area contributed by atoms with Crippen LogP contribution in [0.5, 0.6) is 0 Å². The van der Waals surface area contributed by atoms with Crippen LogP contribution in [0.1, 0.15) is 66.7 Å². The van der Waals surface area contributed by atoms with Crippen LogP contribution in [0, 0.1) is 0 Å². The molecule has 1 aromatic heterocycles. The van der Waals surface area contributed by atoms with E-state index in [0.29, 0.717) is 28.4 Å². The Morgan fingerprint density at radius 1 is 0.889 bits per heavy atom. The lowest BCUT2D eigenvalue weighted by atomic mass is 10.0. The number of benzene rings is 3. The van der Waals surface area contributed by atoms with Crippen LogP contribution >= 0.6 is 0 Å². The molecule has 4 N–H and O–H groups in total. The molecule has 236 valence electrons. The number of amides is 3. The maximum absolute atomic E-state index is 13.7. The summed E-state index contributed by atoms with van der Waals surface area (Å²) in [6.45, 7) is 6.53. The Labute approximate surface area is 257 Å². The molecule has 13 heteroatoms. The quantitative estimate of drug-likeness (QED) is 0.184. The molecule has 3 amide bonds. The largest absolute Gasteiger partial charge is 0.444 e. The van der Waals surface area contributed by atoms with Gasteiger partial charge in [0.15, 0.2) is 5.69 Å². The third kappa shape index (κ3) is 8.92. The Morgan fingerprint density at radius 3 is 2.22 bits per heavy atom. The van der Waals surface area contributed by atoms with E-state index in [1.165, 1.54) is 31.2 Å². The first kappa shape index (κ1) is 32.7. The molecule has 0 spiro atoms. The molecule has 4 rings (SSSR count). The zero-order chi connectivity index (χ0) is 32.9. The molecule has 0 saturated heterocycles. The number of hydrogen-bond donors (Lipinski definition) is 4. The zero-order valence-electron chi connectivity index (χ0n) is 24.9. The second kappa shape index (κ2) is 13.2. The Kier molecular flexibility index (Phi) is 9.62. The number of alkyl halides is 3. The average molecular weight is 624 g/mol. The number of rotatable bonds is 8. The Bertz CT molecular complexity index is 1690. The lowest BCUT2D eigenvalue weighted by Gasteiger charge is -2.19. The number of carbonyl (C=O) groups excluding carboxylic acids is 3. The van der Waals surface area contributed by atoms with Crippen LogP contribution in [0.4, 0.5) is 29.3 Å². The van der Waals surface area contributed by atoms with Crippen LogP contribution in [-0.4, -0.2) is 38.4 Å². The number of anilines is 2. The molecule has 0 fully saturated rings. The van der Waals surface area contributed by atoms with Gasteiger partial charge in [0.2, 0.25) is 5.91 Å². The van der Waals surface area contributed by atoms with Crippen LogP contribution in [0.25, 0.3) is 5.69 Å². The van der Waals surface area contributed by atoms with Gasteiger partial charge in [0.05, 0.1) is 5.69 Å². The predicted octanol–water partition coefficient (Wildman–Crippen LogP) is 6.21. The highest BCUT2D eigenvalue weighted by Crippen LogP contribution is 2.31. The summed E-state index contributed by atoms with van der Waals surface area (Å²) in [6.07, 6.45) is -6.58. The molecule has 0 aliphatic heterocycles. The van der Waals surface area contributed by atoms with Crippen molar-refractivity contribution in [2.24, 2.45) is 0 Å². The second-order valence-electron chi connectivity index (χ2n) is 11.1.